The molecule has 3 rings (SSSR count). The third kappa shape index (κ3) is 3.80. The van der Waals surface area contributed by atoms with Crippen LogP contribution in [0.3, 0.4) is 0 Å². The Labute approximate surface area is 141 Å². The zero-order valence-corrected chi connectivity index (χ0v) is 14.0. The fourth-order valence-corrected chi connectivity index (χ4v) is 2.75. The maximum atomic E-state index is 5.94. The van der Waals surface area contributed by atoms with E-state index in [2.05, 4.69) is 23.0 Å². The molecule has 0 amide bonds. The van der Waals surface area contributed by atoms with E-state index in [-0.39, 0.29) is 0 Å². The van der Waals surface area contributed by atoms with E-state index in [1.54, 1.807) is 0 Å². The maximum Gasteiger partial charge on any atom is 0.139 e. The van der Waals surface area contributed by atoms with Gasteiger partial charge in [-0.05, 0) is 37.1 Å². The van der Waals surface area contributed by atoms with Gasteiger partial charge in [-0.2, -0.15) is 0 Å². The molecule has 0 aliphatic carbocycles. The quantitative estimate of drug-likeness (QED) is 0.606. The van der Waals surface area contributed by atoms with Crippen molar-refractivity contribution in [1.82, 2.24) is 15.0 Å². The largest absolute Gasteiger partial charge is 0.344 e. The van der Waals surface area contributed by atoms with Gasteiger partial charge in [-0.25, -0.2) is 4.98 Å². The molecule has 2 aromatic heterocycles. The SMILES string of the molecule is CCCCCc1ncccc1-c1nc(-c2ccc(Cl)cc2)c[nH]1. The molecule has 0 atom stereocenters. The Balaban J connectivity index is 1.87. The van der Waals surface area contributed by atoms with Crippen LogP contribution >= 0.6 is 11.6 Å². The molecule has 0 saturated heterocycles. The van der Waals surface area contributed by atoms with Crippen LogP contribution in [-0.4, -0.2) is 15.0 Å². The molecule has 2 heterocycles. The minimum absolute atomic E-state index is 0.731. The smallest absolute Gasteiger partial charge is 0.139 e. The van der Waals surface area contributed by atoms with Crippen molar-refractivity contribution in [3.8, 4) is 22.6 Å². The first-order chi connectivity index (χ1) is 11.3. The third-order valence-corrected chi connectivity index (χ3v) is 4.13. The zero-order valence-electron chi connectivity index (χ0n) is 13.2. The molecular formula is C19H20ClN3. The average molecular weight is 326 g/mol. The number of hydrogen-bond acceptors (Lipinski definition) is 2. The van der Waals surface area contributed by atoms with Crippen molar-refractivity contribution in [2.24, 2.45) is 0 Å². The van der Waals surface area contributed by atoms with Gasteiger partial charge < -0.3 is 4.98 Å². The highest BCUT2D eigenvalue weighted by Crippen LogP contribution is 2.25. The molecule has 0 radical (unpaired) electrons. The molecule has 4 heteroatoms. The Morgan fingerprint density at radius 1 is 1.09 bits per heavy atom. The van der Waals surface area contributed by atoms with Crippen LogP contribution < -0.4 is 0 Å². The van der Waals surface area contributed by atoms with Gasteiger partial charge in [-0.15, -0.1) is 0 Å². The highest BCUT2D eigenvalue weighted by atomic mass is 35.5. The summed E-state index contributed by atoms with van der Waals surface area (Å²) >= 11 is 5.94. The van der Waals surface area contributed by atoms with Crippen molar-refractivity contribution < 1.29 is 0 Å². The highest BCUT2D eigenvalue weighted by molar-refractivity contribution is 6.30. The molecule has 1 N–H and O–H groups in total. The van der Waals surface area contributed by atoms with Crippen LogP contribution in [0, 0.1) is 0 Å². The number of aromatic nitrogens is 3. The van der Waals surface area contributed by atoms with E-state index in [0.29, 0.717) is 0 Å². The lowest BCUT2D eigenvalue weighted by Crippen LogP contribution is -1.95. The van der Waals surface area contributed by atoms with Gasteiger partial charge >= 0.3 is 0 Å². The minimum atomic E-state index is 0.731. The summed E-state index contributed by atoms with van der Waals surface area (Å²) in [5.74, 6) is 0.870. The Morgan fingerprint density at radius 2 is 1.91 bits per heavy atom. The molecule has 118 valence electrons. The number of halogens is 1. The summed E-state index contributed by atoms with van der Waals surface area (Å²) in [7, 11) is 0. The first-order valence-corrected chi connectivity index (χ1v) is 8.41. The van der Waals surface area contributed by atoms with E-state index in [1.807, 2.05) is 42.7 Å². The van der Waals surface area contributed by atoms with E-state index in [1.165, 1.54) is 12.8 Å². The van der Waals surface area contributed by atoms with Gasteiger partial charge in [0.1, 0.15) is 5.82 Å². The predicted octanol–water partition coefficient (Wildman–Crippen LogP) is 5.52. The number of hydrogen-bond donors (Lipinski definition) is 1. The molecule has 0 aliphatic heterocycles. The topological polar surface area (TPSA) is 41.6 Å². The van der Waals surface area contributed by atoms with Gasteiger partial charge in [0.05, 0.1) is 11.4 Å². The molecular weight excluding hydrogens is 306 g/mol. The number of rotatable bonds is 6. The molecule has 3 nitrogen and oxygen atoms in total. The predicted molar refractivity (Wildman–Crippen MR) is 95.5 cm³/mol. The second-order valence-corrected chi connectivity index (χ2v) is 6.03. The number of imidazole rings is 1. The number of unbranched alkanes of at least 4 members (excludes halogenated alkanes) is 2. The molecule has 0 saturated carbocycles. The Morgan fingerprint density at radius 3 is 2.70 bits per heavy atom. The average Bonchev–Trinajstić information content (AvgIpc) is 3.06. The molecule has 0 spiro atoms. The molecule has 0 fully saturated rings. The lowest BCUT2D eigenvalue weighted by Gasteiger charge is -2.05. The Hall–Kier alpha value is -2.13. The summed E-state index contributed by atoms with van der Waals surface area (Å²) in [6.45, 7) is 2.21. The van der Waals surface area contributed by atoms with E-state index in [4.69, 9.17) is 16.6 Å². The lowest BCUT2D eigenvalue weighted by atomic mass is 10.1. The summed E-state index contributed by atoms with van der Waals surface area (Å²) in [6.07, 6.45) is 8.37. The molecule has 0 bridgehead atoms. The van der Waals surface area contributed by atoms with Gasteiger partial charge in [-0.3, -0.25) is 4.98 Å². The van der Waals surface area contributed by atoms with Crippen molar-refractivity contribution in [2.45, 2.75) is 32.6 Å². The summed E-state index contributed by atoms with van der Waals surface area (Å²) in [5.41, 5.74) is 4.16. The number of nitrogens with zero attached hydrogens (tertiary/aromatic N) is 2. The van der Waals surface area contributed by atoms with E-state index >= 15 is 0 Å². The summed E-state index contributed by atoms with van der Waals surface area (Å²) < 4.78 is 0. The van der Waals surface area contributed by atoms with Crippen LogP contribution in [0.25, 0.3) is 22.6 Å². The van der Waals surface area contributed by atoms with Gasteiger partial charge in [0.2, 0.25) is 0 Å². The highest BCUT2D eigenvalue weighted by Gasteiger charge is 2.10. The van der Waals surface area contributed by atoms with Gasteiger partial charge in [0.15, 0.2) is 0 Å². The minimum Gasteiger partial charge on any atom is -0.344 e. The van der Waals surface area contributed by atoms with Crippen molar-refractivity contribution >= 4 is 11.6 Å². The van der Waals surface area contributed by atoms with E-state index in [9.17, 15) is 0 Å². The van der Waals surface area contributed by atoms with Crippen molar-refractivity contribution in [2.75, 3.05) is 0 Å². The van der Waals surface area contributed by atoms with E-state index < -0.39 is 0 Å². The van der Waals surface area contributed by atoms with Crippen LogP contribution in [0.2, 0.25) is 5.02 Å². The van der Waals surface area contributed by atoms with Gasteiger partial charge in [-0.1, -0.05) is 43.5 Å². The Kier molecular flexibility index (Phi) is 5.09. The number of aromatic amines is 1. The second-order valence-electron chi connectivity index (χ2n) is 5.60. The first kappa shape index (κ1) is 15.8. The molecule has 1 aromatic carbocycles. The number of benzene rings is 1. The zero-order chi connectivity index (χ0) is 16.1. The Bertz CT molecular complexity index is 762. The van der Waals surface area contributed by atoms with Gasteiger partial charge in [0.25, 0.3) is 0 Å². The van der Waals surface area contributed by atoms with E-state index in [0.717, 1.165) is 46.2 Å². The van der Waals surface area contributed by atoms with Crippen molar-refractivity contribution in [3.63, 3.8) is 0 Å². The number of H-pyrrole nitrogens is 1. The fourth-order valence-electron chi connectivity index (χ4n) is 2.62. The van der Waals surface area contributed by atoms with Crippen LogP contribution in [0.1, 0.15) is 31.9 Å². The molecule has 23 heavy (non-hydrogen) atoms. The summed E-state index contributed by atoms with van der Waals surface area (Å²) in [6, 6.07) is 11.8. The van der Waals surface area contributed by atoms with Crippen LogP contribution in [0.4, 0.5) is 0 Å². The lowest BCUT2D eigenvalue weighted by molar-refractivity contribution is 0.708. The van der Waals surface area contributed by atoms with Crippen LogP contribution in [-0.2, 0) is 6.42 Å². The summed E-state index contributed by atoms with van der Waals surface area (Å²) in [5, 5.41) is 0.731. The van der Waals surface area contributed by atoms with Crippen molar-refractivity contribution in [1.29, 1.82) is 0 Å². The number of aryl methyl sites for hydroxylation is 1. The maximum absolute atomic E-state index is 5.94. The third-order valence-electron chi connectivity index (χ3n) is 3.88. The second kappa shape index (κ2) is 7.42. The van der Waals surface area contributed by atoms with Gasteiger partial charge in [0, 0.05) is 28.5 Å². The molecule has 0 aliphatic rings. The normalized spacial score (nSPS) is 10.9. The monoisotopic (exact) mass is 325 g/mol. The first-order valence-electron chi connectivity index (χ1n) is 8.03. The molecule has 0 unspecified atom stereocenters. The van der Waals surface area contributed by atoms with Crippen molar-refractivity contribution in [3.05, 3.63) is 59.5 Å². The van der Waals surface area contributed by atoms with Crippen LogP contribution in [0.15, 0.2) is 48.8 Å². The summed E-state index contributed by atoms with van der Waals surface area (Å²) in [4.78, 5) is 12.6. The fraction of sp³-hybridized carbons (Fsp3) is 0.263. The number of nitrogens with one attached hydrogen (secondary N) is 1. The number of pyridine rings is 1. The standard InChI is InChI=1S/C19H20ClN3/c1-2-3-4-7-17-16(6-5-12-21-17)19-22-13-18(23-19)14-8-10-15(20)11-9-14/h5-6,8-13H,2-4,7H2,1H3,(H,22,23). The van der Waals surface area contributed by atoms with Crippen LogP contribution in [0.5, 0.6) is 0 Å². The molecule has 3 aromatic rings.